The first kappa shape index (κ1) is 23.2. The largest absolute Gasteiger partial charge is 0.374 e. The van der Waals surface area contributed by atoms with Crippen molar-refractivity contribution >= 4 is 35.6 Å². The van der Waals surface area contributed by atoms with Gasteiger partial charge < -0.3 is 25.2 Å². The third kappa shape index (κ3) is 6.77. The minimum Gasteiger partial charge on any atom is -0.374 e. The molecule has 6 nitrogen and oxygen atoms in total. The molecule has 1 aromatic carbocycles. The Labute approximate surface area is 187 Å². The molecule has 2 atom stereocenters. The van der Waals surface area contributed by atoms with E-state index in [1.54, 1.807) is 0 Å². The minimum absolute atomic E-state index is 0. The third-order valence-electron chi connectivity index (χ3n) is 5.33. The molecule has 1 aromatic rings. The summed E-state index contributed by atoms with van der Waals surface area (Å²) in [6.07, 6.45) is 2.77. The number of nitrogens with one attached hydrogen (secondary N) is 2. The van der Waals surface area contributed by atoms with E-state index in [2.05, 4.69) is 65.6 Å². The van der Waals surface area contributed by atoms with E-state index in [1.807, 2.05) is 0 Å². The van der Waals surface area contributed by atoms with Gasteiger partial charge >= 0.3 is 0 Å². The Hall–Kier alpha value is -1.06. The van der Waals surface area contributed by atoms with Gasteiger partial charge in [-0.3, -0.25) is 4.99 Å². The van der Waals surface area contributed by atoms with E-state index in [9.17, 15) is 0 Å². The first-order valence-electron chi connectivity index (χ1n) is 10.4. The summed E-state index contributed by atoms with van der Waals surface area (Å²) in [5.74, 6) is 0.855. The van der Waals surface area contributed by atoms with Crippen molar-refractivity contribution in [3.63, 3.8) is 0 Å². The van der Waals surface area contributed by atoms with Crippen molar-refractivity contribution < 1.29 is 4.74 Å². The second-order valence-corrected chi connectivity index (χ2v) is 7.63. The fourth-order valence-electron chi connectivity index (χ4n) is 3.74. The van der Waals surface area contributed by atoms with Gasteiger partial charge in [0.05, 0.1) is 25.3 Å². The molecule has 158 valence electrons. The normalized spacial score (nSPS) is 21.9. The van der Waals surface area contributed by atoms with E-state index in [0.717, 1.165) is 32.2 Å². The number of ether oxygens (including phenoxy) is 1. The third-order valence-corrected chi connectivity index (χ3v) is 5.33. The van der Waals surface area contributed by atoms with Crippen molar-refractivity contribution in [3.05, 3.63) is 29.8 Å². The van der Waals surface area contributed by atoms with E-state index in [0.29, 0.717) is 6.54 Å². The van der Waals surface area contributed by atoms with Gasteiger partial charge in [-0.25, -0.2) is 0 Å². The zero-order chi connectivity index (χ0) is 19.1. The van der Waals surface area contributed by atoms with E-state index >= 15 is 0 Å². The summed E-state index contributed by atoms with van der Waals surface area (Å²) in [4.78, 5) is 9.55. The number of likely N-dealkylation sites (N-methyl/N-ethyl adjacent to an activating group) is 1. The molecule has 2 heterocycles. The highest BCUT2D eigenvalue weighted by molar-refractivity contribution is 14.0. The zero-order valence-corrected chi connectivity index (χ0v) is 19.8. The minimum atomic E-state index is 0. The van der Waals surface area contributed by atoms with E-state index in [4.69, 9.17) is 9.73 Å². The number of rotatable bonds is 6. The summed E-state index contributed by atoms with van der Waals surface area (Å²) in [5, 5.41) is 6.92. The molecule has 7 heteroatoms. The van der Waals surface area contributed by atoms with Crippen LogP contribution in [0.4, 0.5) is 5.69 Å². The maximum atomic E-state index is 5.83. The summed E-state index contributed by atoms with van der Waals surface area (Å²) < 4.78 is 5.83. The van der Waals surface area contributed by atoms with Gasteiger partial charge in [-0.05, 0) is 51.4 Å². The molecule has 0 spiro atoms. The number of benzene rings is 1. The number of guanidine groups is 1. The lowest BCUT2D eigenvalue weighted by Crippen LogP contribution is -2.43. The summed E-state index contributed by atoms with van der Waals surface area (Å²) in [6.45, 7) is 10.9. The molecule has 3 rings (SSSR count). The monoisotopic (exact) mass is 501 g/mol. The summed E-state index contributed by atoms with van der Waals surface area (Å²) in [7, 11) is 2.14. The molecule has 2 aliphatic heterocycles. The Morgan fingerprint density at radius 1 is 1.29 bits per heavy atom. The Balaban J connectivity index is 0.00000280. The van der Waals surface area contributed by atoms with Gasteiger partial charge in [0.1, 0.15) is 0 Å². The van der Waals surface area contributed by atoms with Crippen LogP contribution >= 0.6 is 24.0 Å². The molecule has 2 N–H and O–H groups in total. The van der Waals surface area contributed by atoms with Crippen LogP contribution < -0.4 is 15.5 Å². The average molecular weight is 501 g/mol. The number of hydrogen-bond acceptors (Lipinski definition) is 4. The van der Waals surface area contributed by atoms with Gasteiger partial charge in [0.15, 0.2) is 5.96 Å². The lowest BCUT2D eigenvalue weighted by molar-refractivity contribution is -0.0136. The van der Waals surface area contributed by atoms with Gasteiger partial charge in [-0.15, -0.1) is 24.0 Å². The lowest BCUT2D eigenvalue weighted by atomic mass is 10.1. The van der Waals surface area contributed by atoms with Gasteiger partial charge in [0, 0.05) is 38.4 Å². The van der Waals surface area contributed by atoms with Crippen molar-refractivity contribution in [2.75, 3.05) is 57.8 Å². The van der Waals surface area contributed by atoms with Crippen molar-refractivity contribution in [2.24, 2.45) is 4.99 Å². The number of aliphatic imine (C=N–C) groups is 1. The molecule has 2 saturated heterocycles. The highest BCUT2D eigenvalue weighted by atomic mass is 127. The Bertz CT molecular complexity index is 621. The molecular formula is C21H36IN5O. The second-order valence-electron chi connectivity index (χ2n) is 7.63. The van der Waals surface area contributed by atoms with Crippen LogP contribution in [0.1, 0.15) is 38.3 Å². The standard InChI is InChI=1S/C21H35N5O.HI/c1-4-22-21(23-15-20-16-25(3)12-13-27-20)24-17(2)18-8-7-9-19(14-18)26-10-5-6-11-26;/h7-9,14,17,20H,4-6,10-13,15-16H2,1-3H3,(H2,22,23,24);1H. The predicted octanol–water partition coefficient (Wildman–Crippen LogP) is 2.85. The molecule has 28 heavy (non-hydrogen) atoms. The van der Waals surface area contributed by atoms with Crippen molar-refractivity contribution in [2.45, 2.75) is 38.8 Å². The number of morpholine rings is 1. The quantitative estimate of drug-likeness (QED) is 0.357. The van der Waals surface area contributed by atoms with Crippen LogP contribution in [-0.2, 0) is 4.74 Å². The van der Waals surface area contributed by atoms with E-state index < -0.39 is 0 Å². The van der Waals surface area contributed by atoms with Crippen LogP contribution in [0.3, 0.4) is 0 Å². The second kappa shape index (κ2) is 11.8. The summed E-state index contributed by atoms with van der Waals surface area (Å²) in [6, 6.07) is 9.08. The first-order chi connectivity index (χ1) is 13.2. The first-order valence-corrected chi connectivity index (χ1v) is 10.4. The van der Waals surface area contributed by atoms with Gasteiger partial charge in [-0.1, -0.05) is 12.1 Å². The number of halogens is 1. The molecule has 0 amide bonds. The van der Waals surface area contributed by atoms with Crippen LogP contribution in [0.2, 0.25) is 0 Å². The van der Waals surface area contributed by atoms with Gasteiger partial charge in [0.25, 0.3) is 0 Å². The molecule has 0 aliphatic carbocycles. The van der Waals surface area contributed by atoms with Crippen LogP contribution in [0.15, 0.2) is 29.3 Å². The SMILES string of the molecule is CCNC(=NCC1CN(C)CCO1)NC(C)c1cccc(N2CCCC2)c1.I. The Kier molecular flexibility index (Phi) is 9.81. The molecule has 0 radical (unpaired) electrons. The maximum Gasteiger partial charge on any atom is 0.191 e. The predicted molar refractivity (Wildman–Crippen MR) is 128 cm³/mol. The molecule has 2 aliphatic rings. The van der Waals surface area contributed by atoms with Crippen molar-refractivity contribution in [3.8, 4) is 0 Å². The Morgan fingerprint density at radius 2 is 2.07 bits per heavy atom. The van der Waals surface area contributed by atoms with Crippen LogP contribution in [-0.4, -0.2) is 69.9 Å². The van der Waals surface area contributed by atoms with Crippen LogP contribution in [0, 0.1) is 0 Å². The topological polar surface area (TPSA) is 52.1 Å². The Morgan fingerprint density at radius 3 is 2.79 bits per heavy atom. The van der Waals surface area contributed by atoms with Crippen molar-refractivity contribution in [1.82, 2.24) is 15.5 Å². The average Bonchev–Trinajstić information content (AvgIpc) is 3.21. The molecule has 2 fully saturated rings. The van der Waals surface area contributed by atoms with E-state index in [-0.39, 0.29) is 36.1 Å². The number of nitrogens with zero attached hydrogens (tertiary/aromatic N) is 3. The summed E-state index contributed by atoms with van der Waals surface area (Å²) >= 11 is 0. The molecule has 0 saturated carbocycles. The van der Waals surface area contributed by atoms with Crippen LogP contribution in [0.25, 0.3) is 0 Å². The number of hydrogen-bond donors (Lipinski definition) is 2. The highest BCUT2D eigenvalue weighted by Crippen LogP contribution is 2.23. The van der Waals surface area contributed by atoms with Crippen molar-refractivity contribution in [1.29, 1.82) is 0 Å². The molecule has 2 unspecified atom stereocenters. The van der Waals surface area contributed by atoms with E-state index in [1.165, 1.54) is 37.2 Å². The zero-order valence-electron chi connectivity index (χ0n) is 17.5. The lowest BCUT2D eigenvalue weighted by Gasteiger charge is -2.29. The highest BCUT2D eigenvalue weighted by Gasteiger charge is 2.18. The smallest absolute Gasteiger partial charge is 0.191 e. The molecule has 0 bridgehead atoms. The maximum absolute atomic E-state index is 5.83. The molecule has 0 aromatic heterocycles. The van der Waals surface area contributed by atoms with Gasteiger partial charge in [0.2, 0.25) is 0 Å². The fraction of sp³-hybridized carbons (Fsp3) is 0.667. The number of anilines is 1. The molecular weight excluding hydrogens is 465 g/mol. The fourth-order valence-corrected chi connectivity index (χ4v) is 3.74. The van der Waals surface area contributed by atoms with Crippen LogP contribution in [0.5, 0.6) is 0 Å². The summed E-state index contributed by atoms with van der Waals surface area (Å²) in [5.41, 5.74) is 2.62. The van der Waals surface area contributed by atoms with Gasteiger partial charge in [-0.2, -0.15) is 0 Å².